The zero-order valence-corrected chi connectivity index (χ0v) is 20.8. The van der Waals surface area contributed by atoms with Gasteiger partial charge in [0.1, 0.15) is 0 Å². The predicted molar refractivity (Wildman–Crippen MR) is 141 cm³/mol. The van der Waals surface area contributed by atoms with E-state index in [1.807, 2.05) is 54.6 Å². The zero-order valence-electron chi connectivity index (χ0n) is 20.0. The van der Waals surface area contributed by atoms with E-state index < -0.39 is 29.9 Å². The summed E-state index contributed by atoms with van der Waals surface area (Å²) in [6.07, 6.45) is -1.64. The molecule has 4 rings (SSSR count). The first-order valence-corrected chi connectivity index (χ1v) is 12.1. The molecule has 0 aliphatic carbocycles. The molecule has 10 heteroatoms. The maximum atomic E-state index is 12.9. The molecule has 2 unspecified atom stereocenters. The Morgan fingerprint density at radius 2 is 1.55 bits per heavy atom. The summed E-state index contributed by atoms with van der Waals surface area (Å²) < 4.78 is 5.06. The van der Waals surface area contributed by atoms with Gasteiger partial charge in [0.15, 0.2) is 11.8 Å². The lowest BCUT2D eigenvalue weighted by Crippen LogP contribution is -2.40. The molecule has 0 saturated carbocycles. The number of nitrogens with zero attached hydrogens (tertiary/aromatic N) is 1. The maximum absolute atomic E-state index is 12.9. The second-order valence-electron chi connectivity index (χ2n) is 8.54. The van der Waals surface area contributed by atoms with Crippen LogP contribution in [0.4, 0.5) is 5.88 Å². The van der Waals surface area contributed by atoms with Crippen LogP contribution in [0.5, 0.6) is 0 Å². The van der Waals surface area contributed by atoms with E-state index in [2.05, 4.69) is 15.8 Å². The number of carboxylic acid groups (broad SMARTS) is 1. The molecule has 0 aliphatic rings. The van der Waals surface area contributed by atoms with Gasteiger partial charge in [0, 0.05) is 18.5 Å². The average molecular weight is 534 g/mol. The fraction of sp³-hybridized carbons (Fsp3) is 0.143. The third kappa shape index (κ3) is 6.84. The Morgan fingerprint density at radius 3 is 2.24 bits per heavy atom. The van der Waals surface area contributed by atoms with Gasteiger partial charge in [-0.05, 0) is 35.2 Å². The highest BCUT2D eigenvalue weighted by Crippen LogP contribution is 2.21. The minimum Gasteiger partial charge on any atom is -0.479 e. The lowest BCUT2D eigenvalue weighted by molar-refractivity contribution is -0.147. The number of anilines is 1. The number of aliphatic hydroxyl groups excluding tert-OH is 1. The van der Waals surface area contributed by atoms with Gasteiger partial charge < -0.3 is 20.1 Å². The molecule has 0 fully saturated rings. The molecule has 2 atom stereocenters. The van der Waals surface area contributed by atoms with Crippen LogP contribution in [0.15, 0.2) is 89.5 Å². The number of aliphatic hydroxyl groups is 1. The van der Waals surface area contributed by atoms with Crippen molar-refractivity contribution < 1.29 is 29.1 Å². The van der Waals surface area contributed by atoms with Crippen LogP contribution < -0.4 is 10.6 Å². The van der Waals surface area contributed by atoms with Gasteiger partial charge in [-0.15, -0.1) is 0 Å². The Morgan fingerprint density at radius 1 is 0.895 bits per heavy atom. The van der Waals surface area contributed by atoms with Crippen LogP contribution in [0.3, 0.4) is 0 Å². The zero-order chi connectivity index (χ0) is 27.1. The topological polar surface area (TPSA) is 142 Å². The van der Waals surface area contributed by atoms with E-state index >= 15 is 0 Å². The van der Waals surface area contributed by atoms with Crippen molar-refractivity contribution in [2.24, 2.45) is 0 Å². The van der Waals surface area contributed by atoms with Gasteiger partial charge in [-0.3, -0.25) is 14.9 Å². The highest BCUT2D eigenvalue weighted by atomic mass is 35.5. The summed E-state index contributed by atoms with van der Waals surface area (Å²) in [6.45, 7) is 0. The van der Waals surface area contributed by atoms with E-state index in [0.717, 1.165) is 16.7 Å². The molecule has 38 heavy (non-hydrogen) atoms. The standard InChI is InChI=1S/C28H24ClN3O6/c29-22-9-5-4-8-21(22)26(34)31-25-16-23(32-38-25)27(35)30-20(15-24(33)28(36)37)14-17-10-12-19(13-11-17)18-6-2-1-3-7-18/h1-13,16,20,24,33H,14-15H2,(H,30,35)(H,31,34)(H,36,37). The molecular weight excluding hydrogens is 510 g/mol. The molecule has 0 radical (unpaired) electrons. The Kier molecular flexibility index (Phi) is 8.52. The number of carboxylic acids is 1. The number of amides is 2. The van der Waals surface area contributed by atoms with Crippen molar-refractivity contribution in [3.63, 3.8) is 0 Å². The summed E-state index contributed by atoms with van der Waals surface area (Å²) in [5.41, 5.74) is 2.98. The number of hydrogen-bond donors (Lipinski definition) is 4. The van der Waals surface area contributed by atoms with Crippen molar-refractivity contribution in [3.8, 4) is 11.1 Å². The summed E-state index contributed by atoms with van der Waals surface area (Å²) in [6, 6.07) is 24.4. The molecule has 4 aromatic rings. The number of hydrogen-bond acceptors (Lipinski definition) is 6. The van der Waals surface area contributed by atoms with Crippen LogP contribution in [-0.4, -0.2) is 45.3 Å². The molecule has 194 valence electrons. The van der Waals surface area contributed by atoms with Gasteiger partial charge >= 0.3 is 5.97 Å². The number of benzene rings is 3. The second-order valence-corrected chi connectivity index (χ2v) is 8.94. The lowest BCUT2D eigenvalue weighted by Gasteiger charge is -2.20. The van der Waals surface area contributed by atoms with E-state index in [1.54, 1.807) is 18.2 Å². The van der Waals surface area contributed by atoms with Crippen molar-refractivity contribution in [2.45, 2.75) is 25.0 Å². The monoisotopic (exact) mass is 533 g/mol. The predicted octanol–water partition coefficient (Wildman–Crippen LogP) is 4.42. The quantitative estimate of drug-likeness (QED) is 0.236. The number of carbonyl (C=O) groups excluding carboxylic acids is 2. The fourth-order valence-electron chi connectivity index (χ4n) is 3.84. The van der Waals surface area contributed by atoms with Crippen LogP contribution in [-0.2, 0) is 11.2 Å². The number of carbonyl (C=O) groups is 3. The van der Waals surface area contributed by atoms with Crippen molar-refractivity contribution in [2.75, 3.05) is 5.32 Å². The molecule has 0 aliphatic heterocycles. The van der Waals surface area contributed by atoms with E-state index in [9.17, 15) is 24.6 Å². The summed E-state index contributed by atoms with van der Waals surface area (Å²) in [5, 5.41) is 28.2. The first-order valence-electron chi connectivity index (χ1n) is 11.7. The number of nitrogens with one attached hydrogen (secondary N) is 2. The van der Waals surface area contributed by atoms with Gasteiger partial charge in [0.2, 0.25) is 5.88 Å². The van der Waals surface area contributed by atoms with Crippen molar-refractivity contribution >= 4 is 35.3 Å². The number of aromatic nitrogens is 1. The summed E-state index contributed by atoms with van der Waals surface area (Å²) in [5.74, 6) is -2.66. The smallest absolute Gasteiger partial charge is 0.332 e. The molecule has 0 saturated heterocycles. The summed E-state index contributed by atoms with van der Waals surface area (Å²) in [4.78, 5) is 36.5. The van der Waals surface area contributed by atoms with E-state index in [-0.39, 0.29) is 35.0 Å². The van der Waals surface area contributed by atoms with Crippen LogP contribution in [0.2, 0.25) is 5.02 Å². The van der Waals surface area contributed by atoms with E-state index in [0.29, 0.717) is 0 Å². The molecule has 1 heterocycles. The fourth-order valence-corrected chi connectivity index (χ4v) is 4.06. The minimum atomic E-state index is -1.67. The van der Waals surface area contributed by atoms with E-state index in [4.69, 9.17) is 16.1 Å². The lowest BCUT2D eigenvalue weighted by atomic mass is 9.97. The van der Waals surface area contributed by atoms with Gasteiger partial charge in [-0.2, -0.15) is 0 Å². The molecule has 4 N–H and O–H groups in total. The van der Waals surface area contributed by atoms with Gasteiger partial charge in [0.05, 0.1) is 10.6 Å². The summed E-state index contributed by atoms with van der Waals surface area (Å²) >= 11 is 6.03. The number of aliphatic carboxylic acids is 1. The first kappa shape index (κ1) is 26.6. The molecule has 0 bridgehead atoms. The van der Waals surface area contributed by atoms with Crippen LogP contribution in [0.1, 0.15) is 32.8 Å². The Balaban J connectivity index is 1.44. The van der Waals surface area contributed by atoms with Crippen molar-refractivity contribution in [3.05, 3.63) is 107 Å². The highest BCUT2D eigenvalue weighted by Gasteiger charge is 2.24. The molecular formula is C28H24ClN3O6. The number of halogens is 1. The highest BCUT2D eigenvalue weighted by molar-refractivity contribution is 6.34. The SMILES string of the molecule is O=C(NC(Cc1ccc(-c2ccccc2)cc1)CC(O)C(=O)O)c1cc(NC(=O)c2ccccc2Cl)on1. The Labute approximate surface area is 223 Å². The largest absolute Gasteiger partial charge is 0.479 e. The summed E-state index contributed by atoms with van der Waals surface area (Å²) in [7, 11) is 0. The Bertz CT molecular complexity index is 1420. The van der Waals surface area contributed by atoms with E-state index in [1.165, 1.54) is 12.1 Å². The molecule has 9 nitrogen and oxygen atoms in total. The minimum absolute atomic E-state index is 0.0707. The van der Waals surface area contributed by atoms with Crippen molar-refractivity contribution in [1.29, 1.82) is 0 Å². The van der Waals surface area contributed by atoms with Crippen LogP contribution in [0.25, 0.3) is 11.1 Å². The van der Waals surface area contributed by atoms with Crippen LogP contribution >= 0.6 is 11.6 Å². The maximum Gasteiger partial charge on any atom is 0.332 e. The number of rotatable bonds is 10. The van der Waals surface area contributed by atoms with Gasteiger partial charge in [-0.25, -0.2) is 4.79 Å². The van der Waals surface area contributed by atoms with Crippen LogP contribution in [0, 0.1) is 0 Å². The Hall–Kier alpha value is -4.47. The molecule has 3 aromatic carbocycles. The van der Waals surface area contributed by atoms with Crippen molar-refractivity contribution in [1.82, 2.24) is 10.5 Å². The second kappa shape index (κ2) is 12.2. The molecule has 0 spiro atoms. The van der Waals surface area contributed by atoms with Gasteiger partial charge in [0.25, 0.3) is 11.8 Å². The normalized spacial score (nSPS) is 12.4. The average Bonchev–Trinajstić information content (AvgIpc) is 3.38. The first-order chi connectivity index (χ1) is 18.3. The third-order valence-electron chi connectivity index (χ3n) is 5.77. The molecule has 2 amide bonds. The van der Waals surface area contributed by atoms with Gasteiger partial charge in [-0.1, -0.05) is 83.5 Å². The molecule has 1 aromatic heterocycles. The third-order valence-corrected chi connectivity index (χ3v) is 6.10.